The van der Waals surface area contributed by atoms with E-state index < -0.39 is 0 Å². The van der Waals surface area contributed by atoms with Gasteiger partial charge in [0, 0.05) is 0 Å². The molecule has 1 unspecified atom stereocenters. The summed E-state index contributed by atoms with van der Waals surface area (Å²) in [4.78, 5) is 0. The molecular weight excluding hydrogens is 256 g/mol. The first-order valence-corrected chi connectivity index (χ1v) is 8.42. The Hall–Kier alpha value is -1.34. The molecule has 1 heteroatoms. The first kappa shape index (κ1) is 14.6. The fraction of sp³-hybridized carbons (Fsp3) is 0.500. The third-order valence-electron chi connectivity index (χ3n) is 5.32. The lowest BCUT2D eigenvalue weighted by molar-refractivity contribution is 0.0738. The third-order valence-corrected chi connectivity index (χ3v) is 5.32. The largest absolute Gasteiger partial charge is 0.392 e. The van der Waals surface area contributed by atoms with E-state index in [1.165, 1.54) is 48.4 Å². The van der Waals surface area contributed by atoms with Gasteiger partial charge < -0.3 is 5.11 Å². The van der Waals surface area contributed by atoms with Crippen LogP contribution in [-0.2, 0) is 6.42 Å². The monoisotopic (exact) mass is 282 g/mol. The lowest BCUT2D eigenvalue weighted by atomic mass is 9.77. The van der Waals surface area contributed by atoms with E-state index in [0.717, 1.165) is 12.3 Å². The minimum Gasteiger partial charge on any atom is -0.392 e. The number of aliphatic hydroxyl groups is 1. The van der Waals surface area contributed by atoms with Crippen molar-refractivity contribution < 1.29 is 5.11 Å². The van der Waals surface area contributed by atoms with Crippen molar-refractivity contribution in [3.8, 4) is 0 Å². The van der Waals surface area contributed by atoms with Crippen LogP contribution in [0.1, 0.15) is 44.6 Å². The average molecular weight is 282 g/mol. The van der Waals surface area contributed by atoms with Gasteiger partial charge in [-0.15, -0.1) is 0 Å². The molecule has 112 valence electrons. The molecule has 0 radical (unpaired) electrons. The molecule has 3 rings (SSSR count). The Labute approximate surface area is 128 Å². The molecule has 0 saturated heterocycles. The Balaban J connectivity index is 1.70. The van der Waals surface area contributed by atoms with Crippen molar-refractivity contribution >= 4 is 10.8 Å². The van der Waals surface area contributed by atoms with E-state index in [9.17, 15) is 5.11 Å². The van der Waals surface area contributed by atoms with Crippen LogP contribution in [0.15, 0.2) is 42.5 Å². The van der Waals surface area contributed by atoms with Crippen LogP contribution in [0, 0.1) is 11.8 Å². The first-order chi connectivity index (χ1) is 10.3. The topological polar surface area (TPSA) is 20.2 Å². The van der Waals surface area contributed by atoms with Gasteiger partial charge in [0.15, 0.2) is 0 Å². The van der Waals surface area contributed by atoms with E-state index in [-0.39, 0.29) is 6.10 Å². The predicted molar refractivity (Wildman–Crippen MR) is 89.4 cm³/mol. The van der Waals surface area contributed by atoms with Crippen molar-refractivity contribution in [2.75, 3.05) is 0 Å². The molecule has 0 aromatic heterocycles. The standard InChI is InChI=1S/C20H26O/c1-2-15-10-12-17(13-11-15)20(21)14-18-8-5-7-16-6-3-4-9-19(16)18/h3-9,15,17,20-21H,2,10-14H2,1H3. The minimum atomic E-state index is -0.186. The third kappa shape index (κ3) is 3.29. The SMILES string of the molecule is CCC1CCC(C(O)Cc2cccc3ccccc23)CC1. The van der Waals surface area contributed by atoms with Crippen LogP contribution >= 0.6 is 0 Å². The molecule has 21 heavy (non-hydrogen) atoms. The van der Waals surface area contributed by atoms with Crippen LogP contribution < -0.4 is 0 Å². The molecule has 0 bridgehead atoms. The summed E-state index contributed by atoms with van der Waals surface area (Å²) < 4.78 is 0. The maximum atomic E-state index is 10.6. The van der Waals surface area contributed by atoms with E-state index in [0.29, 0.717) is 5.92 Å². The van der Waals surface area contributed by atoms with Gasteiger partial charge in [0.1, 0.15) is 0 Å². The predicted octanol–water partition coefficient (Wildman–Crippen LogP) is 4.96. The number of benzene rings is 2. The van der Waals surface area contributed by atoms with E-state index in [1.54, 1.807) is 0 Å². The molecular formula is C20H26O. The molecule has 1 aliphatic carbocycles. The van der Waals surface area contributed by atoms with Crippen LogP contribution in [0.2, 0.25) is 0 Å². The van der Waals surface area contributed by atoms with Crippen molar-refractivity contribution in [2.24, 2.45) is 11.8 Å². The van der Waals surface area contributed by atoms with Crippen LogP contribution in [0.5, 0.6) is 0 Å². The summed E-state index contributed by atoms with van der Waals surface area (Å²) in [6.45, 7) is 2.29. The molecule has 1 nitrogen and oxygen atoms in total. The molecule has 1 N–H and O–H groups in total. The van der Waals surface area contributed by atoms with Gasteiger partial charge in [-0.2, -0.15) is 0 Å². The highest BCUT2D eigenvalue weighted by Crippen LogP contribution is 2.34. The van der Waals surface area contributed by atoms with Gasteiger partial charge in [0.25, 0.3) is 0 Å². The Morgan fingerprint density at radius 2 is 1.71 bits per heavy atom. The second-order valence-corrected chi connectivity index (χ2v) is 6.60. The van der Waals surface area contributed by atoms with Crippen LogP contribution in [0.4, 0.5) is 0 Å². The summed E-state index contributed by atoms with van der Waals surface area (Å²) >= 11 is 0. The lowest BCUT2D eigenvalue weighted by Crippen LogP contribution is -2.27. The normalized spacial score (nSPS) is 24.1. The highest BCUT2D eigenvalue weighted by Gasteiger charge is 2.26. The van der Waals surface area contributed by atoms with Crippen molar-refractivity contribution in [1.29, 1.82) is 0 Å². The minimum absolute atomic E-state index is 0.186. The van der Waals surface area contributed by atoms with Gasteiger partial charge in [-0.05, 0) is 47.4 Å². The van der Waals surface area contributed by atoms with E-state index in [4.69, 9.17) is 0 Å². The van der Waals surface area contributed by atoms with Gasteiger partial charge >= 0.3 is 0 Å². The number of rotatable bonds is 4. The highest BCUT2D eigenvalue weighted by molar-refractivity contribution is 5.85. The average Bonchev–Trinajstić information content (AvgIpc) is 2.55. The molecule has 0 aliphatic heterocycles. The summed E-state index contributed by atoms with van der Waals surface area (Å²) in [5, 5.41) is 13.2. The summed E-state index contributed by atoms with van der Waals surface area (Å²) in [6.07, 6.45) is 6.90. The summed E-state index contributed by atoms with van der Waals surface area (Å²) in [7, 11) is 0. The smallest absolute Gasteiger partial charge is 0.0608 e. The first-order valence-electron chi connectivity index (χ1n) is 8.42. The molecule has 1 atom stereocenters. The maximum Gasteiger partial charge on any atom is 0.0608 e. The zero-order valence-corrected chi connectivity index (χ0v) is 13.0. The van der Waals surface area contributed by atoms with E-state index in [1.807, 2.05) is 0 Å². The summed E-state index contributed by atoms with van der Waals surface area (Å²) in [5.41, 5.74) is 1.29. The Bertz CT molecular complexity index is 576. The number of aliphatic hydroxyl groups excluding tert-OH is 1. The van der Waals surface area contributed by atoms with Gasteiger partial charge in [-0.3, -0.25) is 0 Å². The molecule has 2 aromatic rings. The molecule has 0 heterocycles. The zero-order valence-electron chi connectivity index (χ0n) is 13.0. The second kappa shape index (κ2) is 6.62. The molecule has 1 fully saturated rings. The molecule has 0 amide bonds. The Morgan fingerprint density at radius 3 is 2.48 bits per heavy atom. The zero-order chi connectivity index (χ0) is 14.7. The van der Waals surface area contributed by atoms with Crippen LogP contribution in [0.3, 0.4) is 0 Å². The molecule has 0 spiro atoms. The van der Waals surface area contributed by atoms with Crippen molar-refractivity contribution in [3.63, 3.8) is 0 Å². The van der Waals surface area contributed by atoms with E-state index in [2.05, 4.69) is 49.4 Å². The molecule has 2 aromatic carbocycles. The van der Waals surface area contributed by atoms with Crippen LogP contribution in [-0.4, -0.2) is 11.2 Å². The fourth-order valence-electron chi connectivity index (χ4n) is 3.84. The fourth-order valence-corrected chi connectivity index (χ4v) is 3.84. The highest BCUT2D eigenvalue weighted by atomic mass is 16.3. The summed E-state index contributed by atoms with van der Waals surface area (Å²) in [5.74, 6) is 1.39. The number of hydrogen-bond donors (Lipinski definition) is 1. The van der Waals surface area contributed by atoms with Gasteiger partial charge in [0.05, 0.1) is 6.10 Å². The van der Waals surface area contributed by atoms with E-state index >= 15 is 0 Å². The summed E-state index contributed by atoms with van der Waals surface area (Å²) in [6, 6.07) is 14.9. The lowest BCUT2D eigenvalue weighted by Gasteiger charge is -2.31. The van der Waals surface area contributed by atoms with Gasteiger partial charge in [-0.1, -0.05) is 68.7 Å². The van der Waals surface area contributed by atoms with Crippen molar-refractivity contribution in [2.45, 2.75) is 51.6 Å². The Morgan fingerprint density at radius 1 is 1.00 bits per heavy atom. The van der Waals surface area contributed by atoms with Gasteiger partial charge in [0.2, 0.25) is 0 Å². The molecule has 1 saturated carbocycles. The number of fused-ring (bicyclic) bond motifs is 1. The molecule has 1 aliphatic rings. The number of hydrogen-bond acceptors (Lipinski definition) is 1. The van der Waals surface area contributed by atoms with Crippen molar-refractivity contribution in [1.82, 2.24) is 0 Å². The van der Waals surface area contributed by atoms with Crippen molar-refractivity contribution in [3.05, 3.63) is 48.0 Å². The quantitative estimate of drug-likeness (QED) is 0.840. The Kier molecular flexibility index (Phi) is 4.60. The maximum absolute atomic E-state index is 10.6. The van der Waals surface area contributed by atoms with Crippen LogP contribution in [0.25, 0.3) is 10.8 Å². The van der Waals surface area contributed by atoms with Gasteiger partial charge in [-0.25, -0.2) is 0 Å². The second-order valence-electron chi connectivity index (χ2n) is 6.60.